The SMILES string of the molecule is CCCCc1nc(-c2ccccc2)c(CC(=O)O)n1Cc1ccc(-c2ccccc2S(=O)(=O)NC(=O)c2ccccc2)cc1. The Morgan fingerprint density at radius 2 is 1.45 bits per heavy atom. The number of hydrogen-bond donors (Lipinski definition) is 2. The minimum atomic E-state index is -4.17. The molecule has 0 spiro atoms. The molecule has 0 atom stereocenters. The van der Waals surface area contributed by atoms with Gasteiger partial charge in [0.1, 0.15) is 5.82 Å². The number of nitrogens with zero attached hydrogens (tertiary/aromatic N) is 2. The maximum Gasteiger partial charge on any atom is 0.309 e. The van der Waals surface area contributed by atoms with Crippen LogP contribution in [0.3, 0.4) is 0 Å². The van der Waals surface area contributed by atoms with E-state index in [4.69, 9.17) is 4.98 Å². The van der Waals surface area contributed by atoms with E-state index < -0.39 is 21.9 Å². The van der Waals surface area contributed by atoms with E-state index in [1.165, 1.54) is 6.07 Å². The van der Waals surface area contributed by atoms with Crippen molar-refractivity contribution >= 4 is 21.9 Å². The topological polar surface area (TPSA) is 118 Å². The molecule has 224 valence electrons. The lowest BCUT2D eigenvalue weighted by Gasteiger charge is -2.14. The lowest BCUT2D eigenvalue weighted by Crippen LogP contribution is -2.30. The lowest BCUT2D eigenvalue weighted by molar-refractivity contribution is -0.136. The highest BCUT2D eigenvalue weighted by atomic mass is 32.2. The van der Waals surface area contributed by atoms with E-state index in [-0.39, 0.29) is 16.9 Å². The van der Waals surface area contributed by atoms with E-state index in [1.54, 1.807) is 48.5 Å². The summed E-state index contributed by atoms with van der Waals surface area (Å²) < 4.78 is 30.8. The first-order valence-electron chi connectivity index (χ1n) is 14.4. The number of aliphatic carboxylic acids is 1. The number of amides is 1. The molecule has 4 aromatic carbocycles. The van der Waals surface area contributed by atoms with Crippen LogP contribution in [0.15, 0.2) is 114 Å². The number of carbonyl (C=O) groups is 2. The molecule has 0 saturated heterocycles. The Kier molecular flexibility index (Phi) is 9.35. The van der Waals surface area contributed by atoms with E-state index in [2.05, 4.69) is 11.6 Å². The predicted octanol–water partition coefficient (Wildman–Crippen LogP) is 6.35. The molecule has 1 amide bonds. The zero-order valence-electron chi connectivity index (χ0n) is 24.3. The van der Waals surface area contributed by atoms with Gasteiger partial charge < -0.3 is 9.67 Å². The summed E-state index contributed by atoms with van der Waals surface area (Å²) in [5.41, 5.74) is 4.46. The number of hydrogen-bond acceptors (Lipinski definition) is 5. The molecule has 1 heterocycles. The zero-order chi connectivity index (χ0) is 31.1. The van der Waals surface area contributed by atoms with Gasteiger partial charge in [-0.15, -0.1) is 0 Å². The van der Waals surface area contributed by atoms with E-state index in [1.807, 2.05) is 59.2 Å². The van der Waals surface area contributed by atoms with Gasteiger partial charge >= 0.3 is 5.97 Å². The Hall–Kier alpha value is -5.02. The highest BCUT2D eigenvalue weighted by Gasteiger charge is 2.23. The molecule has 0 aliphatic carbocycles. The molecule has 0 saturated carbocycles. The molecule has 1 aromatic heterocycles. The van der Waals surface area contributed by atoms with Crippen molar-refractivity contribution in [3.8, 4) is 22.4 Å². The summed E-state index contributed by atoms with van der Waals surface area (Å²) >= 11 is 0. The van der Waals surface area contributed by atoms with Crippen LogP contribution >= 0.6 is 0 Å². The number of unbranched alkanes of at least 4 members (excludes halogenated alkanes) is 1. The summed E-state index contributed by atoms with van der Waals surface area (Å²) in [5.74, 6) is -0.809. The Morgan fingerprint density at radius 3 is 2.11 bits per heavy atom. The molecular weight excluding hydrogens is 574 g/mol. The number of nitrogens with one attached hydrogen (secondary N) is 1. The molecule has 8 nitrogen and oxygen atoms in total. The number of aryl methyl sites for hydroxylation is 1. The lowest BCUT2D eigenvalue weighted by atomic mass is 10.0. The van der Waals surface area contributed by atoms with E-state index in [9.17, 15) is 23.1 Å². The van der Waals surface area contributed by atoms with Gasteiger partial charge in [-0.25, -0.2) is 18.1 Å². The Labute approximate surface area is 257 Å². The molecule has 0 fully saturated rings. The summed E-state index contributed by atoms with van der Waals surface area (Å²) in [4.78, 5) is 29.5. The largest absolute Gasteiger partial charge is 0.481 e. The molecule has 5 rings (SSSR count). The first-order valence-corrected chi connectivity index (χ1v) is 15.9. The molecule has 0 aliphatic heterocycles. The second-order valence-corrected chi connectivity index (χ2v) is 12.1. The fraction of sp³-hybridized carbons (Fsp3) is 0.171. The molecular formula is C35H33N3O5S. The third-order valence-electron chi connectivity index (χ3n) is 7.32. The van der Waals surface area contributed by atoms with Crippen molar-refractivity contribution in [3.05, 3.63) is 132 Å². The van der Waals surface area contributed by atoms with Crippen LogP contribution in [-0.4, -0.2) is 35.0 Å². The van der Waals surface area contributed by atoms with Crippen molar-refractivity contribution in [1.29, 1.82) is 0 Å². The molecule has 0 aliphatic rings. The first kappa shape index (κ1) is 30.4. The highest BCUT2D eigenvalue weighted by Crippen LogP contribution is 2.30. The second-order valence-electron chi connectivity index (χ2n) is 10.4. The minimum absolute atomic E-state index is 0.00950. The van der Waals surface area contributed by atoms with Crippen LogP contribution in [0.2, 0.25) is 0 Å². The van der Waals surface area contributed by atoms with Gasteiger partial charge in [0.25, 0.3) is 15.9 Å². The number of carboxylic acid groups (broad SMARTS) is 1. The van der Waals surface area contributed by atoms with Gasteiger partial charge in [0.05, 0.1) is 22.7 Å². The van der Waals surface area contributed by atoms with Gasteiger partial charge in [-0.1, -0.05) is 104 Å². The summed E-state index contributed by atoms with van der Waals surface area (Å²) in [6.45, 7) is 2.52. The fourth-order valence-electron chi connectivity index (χ4n) is 5.14. The summed E-state index contributed by atoms with van der Waals surface area (Å²) in [6.07, 6.45) is 2.45. The van der Waals surface area contributed by atoms with Crippen LogP contribution in [0.1, 0.15) is 47.2 Å². The maximum atomic E-state index is 13.3. The number of imidazole rings is 1. The van der Waals surface area contributed by atoms with Crippen molar-refractivity contribution in [2.24, 2.45) is 0 Å². The van der Waals surface area contributed by atoms with E-state index in [0.717, 1.165) is 29.8 Å². The second kappa shape index (κ2) is 13.5. The van der Waals surface area contributed by atoms with Gasteiger partial charge in [0.15, 0.2) is 0 Å². The van der Waals surface area contributed by atoms with E-state index >= 15 is 0 Å². The van der Waals surface area contributed by atoms with E-state index in [0.29, 0.717) is 35.5 Å². The van der Waals surface area contributed by atoms with Gasteiger partial charge in [-0.05, 0) is 35.7 Å². The molecule has 9 heteroatoms. The van der Waals surface area contributed by atoms with Crippen LogP contribution < -0.4 is 4.72 Å². The summed E-state index contributed by atoms with van der Waals surface area (Å²) in [6, 6.07) is 31.8. The minimum Gasteiger partial charge on any atom is -0.481 e. The van der Waals surface area contributed by atoms with Gasteiger partial charge in [-0.3, -0.25) is 9.59 Å². The third kappa shape index (κ3) is 6.95. The standard InChI is InChI=1S/C35H33N3O5S/c1-2-3-18-32-36-34(27-12-6-4-7-13-27)30(23-33(39)40)38(32)24-25-19-21-26(22-20-25)29-16-10-11-17-31(29)44(42,43)37-35(41)28-14-8-5-9-15-28/h4-17,19-22H,2-3,18,23-24H2,1H3,(H,37,41)(H,39,40). The van der Waals surface area contributed by atoms with Crippen molar-refractivity contribution < 1.29 is 23.1 Å². The average Bonchev–Trinajstić information content (AvgIpc) is 3.36. The van der Waals surface area contributed by atoms with Crippen molar-refractivity contribution in [1.82, 2.24) is 14.3 Å². The summed E-state index contributed by atoms with van der Waals surface area (Å²) in [5, 5.41) is 9.77. The summed E-state index contributed by atoms with van der Waals surface area (Å²) in [7, 11) is -4.17. The molecule has 0 unspecified atom stereocenters. The number of carboxylic acids is 1. The normalized spacial score (nSPS) is 11.3. The number of aromatic nitrogens is 2. The number of rotatable bonds is 12. The predicted molar refractivity (Wildman–Crippen MR) is 170 cm³/mol. The monoisotopic (exact) mass is 607 g/mol. The van der Waals surface area contributed by atoms with Gasteiger partial charge in [0, 0.05) is 29.7 Å². The third-order valence-corrected chi connectivity index (χ3v) is 8.71. The smallest absolute Gasteiger partial charge is 0.309 e. The fourth-order valence-corrected chi connectivity index (χ4v) is 6.34. The van der Waals surface area contributed by atoms with Gasteiger partial charge in [0.2, 0.25) is 0 Å². The van der Waals surface area contributed by atoms with Crippen LogP contribution in [0.4, 0.5) is 0 Å². The molecule has 0 radical (unpaired) electrons. The van der Waals surface area contributed by atoms with Crippen molar-refractivity contribution in [2.45, 2.75) is 44.0 Å². The van der Waals surface area contributed by atoms with Crippen molar-refractivity contribution in [2.75, 3.05) is 0 Å². The van der Waals surface area contributed by atoms with Crippen LogP contribution in [0.25, 0.3) is 22.4 Å². The molecule has 44 heavy (non-hydrogen) atoms. The number of benzene rings is 4. The van der Waals surface area contributed by atoms with Crippen LogP contribution in [0, 0.1) is 0 Å². The number of carbonyl (C=O) groups excluding carboxylic acids is 1. The van der Waals surface area contributed by atoms with Gasteiger partial charge in [-0.2, -0.15) is 0 Å². The number of sulfonamides is 1. The Morgan fingerprint density at radius 1 is 0.818 bits per heavy atom. The quantitative estimate of drug-likeness (QED) is 0.171. The maximum absolute atomic E-state index is 13.3. The molecule has 5 aromatic rings. The Bertz CT molecular complexity index is 1870. The van der Waals surface area contributed by atoms with Crippen LogP contribution in [0.5, 0.6) is 0 Å². The molecule has 0 bridgehead atoms. The molecule has 2 N–H and O–H groups in total. The van der Waals surface area contributed by atoms with Crippen LogP contribution in [-0.2, 0) is 34.2 Å². The zero-order valence-corrected chi connectivity index (χ0v) is 25.1. The highest BCUT2D eigenvalue weighted by molar-refractivity contribution is 7.90. The van der Waals surface area contributed by atoms with Crippen molar-refractivity contribution in [3.63, 3.8) is 0 Å². The average molecular weight is 608 g/mol. The first-order chi connectivity index (χ1) is 21.3. The Balaban J connectivity index is 1.46.